The fourth-order valence-corrected chi connectivity index (χ4v) is 2.73. The van der Waals surface area contributed by atoms with E-state index in [2.05, 4.69) is 5.32 Å². The van der Waals surface area contributed by atoms with Gasteiger partial charge in [-0.1, -0.05) is 6.08 Å². The summed E-state index contributed by atoms with van der Waals surface area (Å²) in [5, 5.41) is 3.02. The SMILES string of the molecule is Cc1ccc(C2=CC=C(/C(N)=C/C(N)C(F)(F)F)NC2)s1. The van der Waals surface area contributed by atoms with Crippen molar-refractivity contribution in [1.29, 1.82) is 0 Å². The Morgan fingerprint density at radius 2 is 2.10 bits per heavy atom. The summed E-state index contributed by atoms with van der Waals surface area (Å²) in [5.74, 6) is 0. The lowest BCUT2D eigenvalue weighted by Crippen LogP contribution is -2.36. The minimum absolute atomic E-state index is 0.00233. The number of allylic oxidation sites excluding steroid dienone is 2. The Hall–Kier alpha value is -1.73. The fourth-order valence-electron chi connectivity index (χ4n) is 1.84. The van der Waals surface area contributed by atoms with E-state index in [4.69, 9.17) is 11.5 Å². The van der Waals surface area contributed by atoms with Crippen molar-refractivity contribution in [3.8, 4) is 0 Å². The predicted octanol–water partition coefficient (Wildman–Crippen LogP) is 2.66. The summed E-state index contributed by atoms with van der Waals surface area (Å²) in [5.41, 5.74) is 12.2. The first-order valence-corrected chi connectivity index (χ1v) is 7.10. The molecular formula is C14H16F3N3S. The second kappa shape index (κ2) is 5.95. The van der Waals surface area contributed by atoms with E-state index in [1.165, 1.54) is 4.88 Å². The summed E-state index contributed by atoms with van der Waals surface area (Å²) in [6.45, 7) is 2.53. The first kappa shape index (κ1) is 15.7. The first-order valence-electron chi connectivity index (χ1n) is 6.29. The van der Waals surface area contributed by atoms with Gasteiger partial charge in [0.15, 0.2) is 0 Å². The quantitative estimate of drug-likeness (QED) is 0.803. The number of thiophene rings is 1. The molecule has 0 saturated heterocycles. The molecule has 0 aromatic carbocycles. The number of hydrogen-bond donors (Lipinski definition) is 3. The molecule has 114 valence electrons. The van der Waals surface area contributed by atoms with Crippen molar-refractivity contribution in [2.45, 2.75) is 19.1 Å². The third-order valence-corrected chi connectivity index (χ3v) is 4.10. The summed E-state index contributed by atoms with van der Waals surface area (Å²) < 4.78 is 37.2. The molecule has 1 aliphatic rings. The van der Waals surface area contributed by atoms with Gasteiger partial charge in [0.2, 0.25) is 0 Å². The van der Waals surface area contributed by atoms with Crippen LogP contribution in [0.3, 0.4) is 0 Å². The van der Waals surface area contributed by atoms with Crippen LogP contribution in [0.15, 0.2) is 41.8 Å². The number of halogens is 3. The van der Waals surface area contributed by atoms with Crippen molar-refractivity contribution >= 4 is 16.9 Å². The van der Waals surface area contributed by atoms with E-state index < -0.39 is 12.2 Å². The summed E-state index contributed by atoms with van der Waals surface area (Å²) >= 11 is 1.67. The van der Waals surface area contributed by atoms with E-state index >= 15 is 0 Å². The topological polar surface area (TPSA) is 64.1 Å². The van der Waals surface area contributed by atoms with Crippen LogP contribution < -0.4 is 16.8 Å². The van der Waals surface area contributed by atoms with Crippen LogP contribution in [0.25, 0.3) is 5.57 Å². The van der Waals surface area contributed by atoms with Crippen LogP contribution in [0, 0.1) is 6.92 Å². The third-order valence-electron chi connectivity index (χ3n) is 3.03. The zero-order valence-electron chi connectivity index (χ0n) is 11.4. The minimum Gasteiger partial charge on any atom is -0.397 e. The lowest BCUT2D eigenvalue weighted by atomic mass is 10.1. The molecule has 5 N–H and O–H groups in total. The molecule has 0 bridgehead atoms. The molecule has 1 aromatic heterocycles. The van der Waals surface area contributed by atoms with Crippen LogP contribution in [0.5, 0.6) is 0 Å². The molecule has 2 rings (SSSR count). The van der Waals surface area contributed by atoms with Gasteiger partial charge in [-0.3, -0.25) is 0 Å². The van der Waals surface area contributed by atoms with Crippen molar-refractivity contribution in [1.82, 2.24) is 5.32 Å². The van der Waals surface area contributed by atoms with Crippen molar-refractivity contribution in [3.05, 3.63) is 51.5 Å². The van der Waals surface area contributed by atoms with Crippen LogP contribution in [-0.4, -0.2) is 18.8 Å². The van der Waals surface area contributed by atoms with Crippen LogP contribution >= 0.6 is 11.3 Å². The van der Waals surface area contributed by atoms with E-state index in [1.54, 1.807) is 17.4 Å². The molecule has 7 heteroatoms. The van der Waals surface area contributed by atoms with Crippen LogP contribution in [0.1, 0.15) is 9.75 Å². The summed E-state index contributed by atoms with van der Waals surface area (Å²) in [4.78, 5) is 2.33. The molecule has 2 heterocycles. The number of alkyl halides is 3. The number of rotatable bonds is 3. The average Bonchev–Trinajstić information content (AvgIpc) is 2.84. The Bertz CT molecular complexity index is 611. The van der Waals surface area contributed by atoms with Gasteiger partial charge in [0, 0.05) is 16.3 Å². The molecular weight excluding hydrogens is 299 g/mol. The molecule has 3 nitrogen and oxygen atoms in total. The number of dihydropyridines is 1. The van der Waals surface area contributed by atoms with Gasteiger partial charge in [-0.05, 0) is 36.8 Å². The molecule has 0 fully saturated rings. The number of nitrogens with two attached hydrogens (primary N) is 2. The lowest BCUT2D eigenvalue weighted by molar-refractivity contribution is -0.137. The van der Waals surface area contributed by atoms with Crippen molar-refractivity contribution in [2.75, 3.05) is 6.54 Å². The van der Waals surface area contributed by atoms with Gasteiger partial charge in [-0.2, -0.15) is 13.2 Å². The highest BCUT2D eigenvalue weighted by molar-refractivity contribution is 7.13. The van der Waals surface area contributed by atoms with Gasteiger partial charge in [-0.25, -0.2) is 0 Å². The van der Waals surface area contributed by atoms with Crippen LogP contribution in [0.4, 0.5) is 13.2 Å². The van der Waals surface area contributed by atoms with E-state index in [0.717, 1.165) is 16.5 Å². The number of nitrogens with one attached hydrogen (secondary N) is 1. The highest BCUT2D eigenvalue weighted by Gasteiger charge is 2.35. The van der Waals surface area contributed by atoms with Crippen molar-refractivity contribution in [3.63, 3.8) is 0 Å². The first-order chi connectivity index (χ1) is 9.77. The van der Waals surface area contributed by atoms with E-state index in [-0.39, 0.29) is 5.70 Å². The Labute approximate surface area is 124 Å². The Kier molecular flexibility index (Phi) is 4.43. The Balaban J connectivity index is 2.15. The smallest absolute Gasteiger partial charge is 0.397 e. The van der Waals surface area contributed by atoms with Crippen LogP contribution in [-0.2, 0) is 0 Å². The summed E-state index contributed by atoms with van der Waals surface area (Å²) in [7, 11) is 0. The molecule has 0 radical (unpaired) electrons. The second-order valence-corrected chi connectivity index (χ2v) is 6.01. The minimum atomic E-state index is -4.49. The zero-order chi connectivity index (χ0) is 15.6. The number of hydrogen-bond acceptors (Lipinski definition) is 4. The second-order valence-electron chi connectivity index (χ2n) is 4.73. The standard InChI is InChI=1S/C14H16F3N3S/c1-8-2-5-12(21-8)9-3-4-11(20-7-9)10(18)6-13(19)14(15,16)17/h2-6,13,20H,7,18-19H2,1H3/b10-6-. The maximum atomic E-state index is 12.4. The van der Waals surface area contributed by atoms with Crippen molar-refractivity contribution < 1.29 is 13.2 Å². The summed E-state index contributed by atoms with van der Waals surface area (Å²) in [6, 6.07) is 1.98. The van der Waals surface area contributed by atoms with Crippen LogP contribution in [0.2, 0.25) is 0 Å². The maximum absolute atomic E-state index is 12.4. The van der Waals surface area contributed by atoms with Gasteiger partial charge in [-0.15, -0.1) is 11.3 Å². The molecule has 0 saturated carbocycles. The molecule has 0 amide bonds. The number of aryl methyl sites for hydroxylation is 1. The predicted molar refractivity (Wildman–Crippen MR) is 79.4 cm³/mol. The normalized spacial score (nSPS) is 17.9. The van der Waals surface area contributed by atoms with Gasteiger partial charge < -0.3 is 16.8 Å². The molecule has 1 aliphatic heterocycles. The molecule has 0 aliphatic carbocycles. The molecule has 0 spiro atoms. The fraction of sp³-hybridized carbons (Fsp3) is 0.286. The molecule has 21 heavy (non-hydrogen) atoms. The van der Waals surface area contributed by atoms with E-state index in [9.17, 15) is 13.2 Å². The zero-order valence-corrected chi connectivity index (χ0v) is 12.2. The van der Waals surface area contributed by atoms with E-state index in [0.29, 0.717) is 12.2 Å². The highest BCUT2D eigenvalue weighted by Crippen LogP contribution is 2.26. The van der Waals surface area contributed by atoms with Gasteiger partial charge in [0.1, 0.15) is 6.04 Å². The largest absolute Gasteiger partial charge is 0.407 e. The third kappa shape index (κ3) is 3.89. The molecule has 1 atom stereocenters. The highest BCUT2D eigenvalue weighted by atomic mass is 32.1. The van der Waals surface area contributed by atoms with Gasteiger partial charge >= 0.3 is 6.18 Å². The Morgan fingerprint density at radius 3 is 2.57 bits per heavy atom. The lowest BCUT2D eigenvalue weighted by Gasteiger charge is -2.18. The summed E-state index contributed by atoms with van der Waals surface area (Å²) in [6.07, 6.45) is -0.151. The van der Waals surface area contributed by atoms with Crippen molar-refractivity contribution in [2.24, 2.45) is 11.5 Å². The van der Waals surface area contributed by atoms with Gasteiger partial charge in [0.05, 0.1) is 11.4 Å². The van der Waals surface area contributed by atoms with Gasteiger partial charge in [0.25, 0.3) is 0 Å². The molecule has 1 unspecified atom stereocenters. The molecule has 1 aromatic rings. The Morgan fingerprint density at radius 1 is 1.38 bits per heavy atom. The maximum Gasteiger partial charge on any atom is 0.407 e. The average molecular weight is 315 g/mol. The van der Waals surface area contributed by atoms with E-state index in [1.807, 2.05) is 25.1 Å². The monoisotopic (exact) mass is 315 g/mol.